The molecule has 0 unspecified atom stereocenters. The molecule has 6 nitrogen and oxygen atoms in total. The van der Waals surface area contributed by atoms with Gasteiger partial charge in [-0.05, 0) is 12.1 Å². The Balaban J connectivity index is 2.82. The van der Waals surface area contributed by atoms with Crippen molar-refractivity contribution in [3.8, 4) is 16.9 Å². The van der Waals surface area contributed by atoms with Gasteiger partial charge in [0.05, 0.1) is 13.3 Å². The van der Waals surface area contributed by atoms with E-state index in [0.29, 0.717) is 5.56 Å². The molecule has 0 fully saturated rings. The third kappa shape index (κ3) is 2.39. The van der Waals surface area contributed by atoms with Crippen LogP contribution in [0.1, 0.15) is 0 Å². The molecule has 1 heterocycles. The molecule has 1 aromatic carbocycles. The van der Waals surface area contributed by atoms with Crippen LogP contribution in [0.5, 0.6) is 5.75 Å². The molecule has 8 heteroatoms. The highest BCUT2D eigenvalue weighted by Gasteiger charge is 2.22. The van der Waals surface area contributed by atoms with Gasteiger partial charge in [0.1, 0.15) is 22.3 Å². The quantitative estimate of drug-likeness (QED) is 0.883. The highest BCUT2D eigenvalue weighted by atomic mass is 32.2. The van der Waals surface area contributed by atoms with Crippen LogP contribution >= 0.6 is 0 Å². The third-order valence-electron chi connectivity index (χ3n) is 2.58. The normalized spacial score (nSPS) is 11.5. The summed E-state index contributed by atoms with van der Waals surface area (Å²) in [5.74, 6) is -0.461. The zero-order chi connectivity index (χ0) is 14.2. The van der Waals surface area contributed by atoms with Crippen molar-refractivity contribution in [3.63, 3.8) is 0 Å². The average Bonchev–Trinajstić information content (AvgIpc) is 2.73. The number of methoxy groups -OCH3 is 1. The molecule has 0 aliphatic carbocycles. The summed E-state index contributed by atoms with van der Waals surface area (Å²) < 4.78 is 42.0. The van der Waals surface area contributed by atoms with Gasteiger partial charge < -0.3 is 10.5 Å². The Kier molecular flexibility index (Phi) is 3.19. The molecule has 0 saturated carbocycles. The first kappa shape index (κ1) is 13.3. The number of benzene rings is 1. The maximum absolute atomic E-state index is 13.6. The lowest BCUT2D eigenvalue weighted by molar-refractivity contribution is 0.403. The summed E-state index contributed by atoms with van der Waals surface area (Å²) in [6, 6.07) is 2.06. The molecule has 0 spiro atoms. The fraction of sp³-hybridized carbons (Fsp3) is 0.182. The van der Waals surface area contributed by atoms with Crippen molar-refractivity contribution in [2.45, 2.75) is 4.90 Å². The molecule has 2 rings (SSSR count). The number of aromatic amines is 1. The summed E-state index contributed by atoms with van der Waals surface area (Å²) in [4.78, 5) is -0.231. The van der Waals surface area contributed by atoms with E-state index in [1.165, 1.54) is 13.3 Å². The van der Waals surface area contributed by atoms with E-state index < -0.39 is 15.7 Å². The van der Waals surface area contributed by atoms with E-state index in [4.69, 9.17) is 10.5 Å². The number of rotatable bonds is 3. The summed E-state index contributed by atoms with van der Waals surface area (Å²) in [7, 11) is -2.32. The van der Waals surface area contributed by atoms with Gasteiger partial charge in [-0.3, -0.25) is 5.10 Å². The second-order valence-electron chi connectivity index (χ2n) is 3.95. The number of nitrogens with one attached hydrogen (secondary N) is 1. The minimum atomic E-state index is -3.63. The lowest BCUT2D eigenvalue weighted by atomic mass is 10.1. The van der Waals surface area contributed by atoms with Crippen LogP contribution < -0.4 is 10.5 Å². The maximum Gasteiger partial charge on any atom is 0.179 e. The van der Waals surface area contributed by atoms with E-state index in [-0.39, 0.29) is 22.0 Å². The van der Waals surface area contributed by atoms with Crippen molar-refractivity contribution in [2.75, 3.05) is 19.1 Å². The Bertz CT molecular complexity index is 725. The number of anilines is 1. The van der Waals surface area contributed by atoms with Crippen LogP contribution in [0.3, 0.4) is 0 Å². The molecule has 0 aliphatic rings. The van der Waals surface area contributed by atoms with Gasteiger partial charge in [-0.25, -0.2) is 12.8 Å². The van der Waals surface area contributed by atoms with Gasteiger partial charge in [0.15, 0.2) is 9.84 Å². The Morgan fingerprint density at radius 3 is 2.53 bits per heavy atom. The summed E-state index contributed by atoms with van der Waals surface area (Å²) in [5, 5.41) is 6.21. The Morgan fingerprint density at radius 2 is 2.05 bits per heavy atom. The molecule has 1 aromatic heterocycles. The van der Waals surface area contributed by atoms with E-state index in [1.54, 1.807) is 0 Å². The molecule has 0 amide bonds. The van der Waals surface area contributed by atoms with Crippen molar-refractivity contribution in [1.29, 1.82) is 0 Å². The predicted octanol–water partition coefficient (Wildman–Crippen LogP) is 1.21. The highest BCUT2D eigenvalue weighted by molar-refractivity contribution is 7.90. The largest absolute Gasteiger partial charge is 0.495 e. The van der Waals surface area contributed by atoms with Gasteiger partial charge in [-0.1, -0.05) is 0 Å². The van der Waals surface area contributed by atoms with Crippen LogP contribution in [0.25, 0.3) is 11.1 Å². The summed E-state index contributed by atoms with van der Waals surface area (Å²) >= 11 is 0. The average molecular weight is 285 g/mol. The number of hydrogen-bond donors (Lipinski definition) is 2. The molecule has 0 aliphatic heterocycles. The van der Waals surface area contributed by atoms with Crippen LogP contribution in [0.15, 0.2) is 23.2 Å². The molecular weight excluding hydrogens is 273 g/mol. The van der Waals surface area contributed by atoms with Crippen molar-refractivity contribution >= 4 is 15.7 Å². The van der Waals surface area contributed by atoms with E-state index >= 15 is 0 Å². The number of H-pyrrole nitrogens is 1. The lowest BCUT2D eigenvalue weighted by Crippen LogP contribution is -2.03. The molecule has 0 saturated heterocycles. The van der Waals surface area contributed by atoms with Crippen molar-refractivity contribution < 1.29 is 17.5 Å². The molecule has 0 bridgehead atoms. The van der Waals surface area contributed by atoms with Crippen LogP contribution in [0.2, 0.25) is 0 Å². The molecule has 19 heavy (non-hydrogen) atoms. The first-order chi connectivity index (χ1) is 8.84. The van der Waals surface area contributed by atoms with E-state index in [0.717, 1.165) is 18.4 Å². The monoisotopic (exact) mass is 285 g/mol. The second kappa shape index (κ2) is 4.54. The smallest absolute Gasteiger partial charge is 0.179 e. The number of hydrogen-bond acceptors (Lipinski definition) is 5. The van der Waals surface area contributed by atoms with Crippen molar-refractivity contribution in [3.05, 3.63) is 24.1 Å². The standard InChI is InChI=1S/C11H12FN3O3S/c1-18-10-7(8-5-14-15-11(8)13)3-6(12)4-9(10)19(2,16)17/h3-5H,1-2H3,(H3,13,14,15). The Hall–Kier alpha value is -2.09. The topological polar surface area (TPSA) is 98.1 Å². The number of nitrogen functional groups attached to an aromatic ring is 1. The van der Waals surface area contributed by atoms with E-state index in [2.05, 4.69) is 10.2 Å². The van der Waals surface area contributed by atoms with Crippen LogP contribution in [0, 0.1) is 5.82 Å². The van der Waals surface area contributed by atoms with Crippen LogP contribution in [-0.2, 0) is 9.84 Å². The fourth-order valence-electron chi connectivity index (χ4n) is 1.77. The fourth-order valence-corrected chi connectivity index (χ4v) is 2.62. The number of aromatic nitrogens is 2. The highest BCUT2D eigenvalue weighted by Crippen LogP contribution is 2.38. The molecule has 0 atom stereocenters. The van der Waals surface area contributed by atoms with Crippen molar-refractivity contribution in [1.82, 2.24) is 10.2 Å². The van der Waals surface area contributed by atoms with Crippen molar-refractivity contribution in [2.24, 2.45) is 0 Å². The number of sulfone groups is 1. The van der Waals surface area contributed by atoms with Gasteiger partial charge in [0.25, 0.3) is 0 Å². The predicted molar refractivity (Wildman–Crippen MR) is 68.1 cm³/mol. The maximum atomic E-state index is 13.6. The second-order valence-corrected chi connectivity index (χ2v) is 5.94. The van der Waals surface area contributed by atoms with E-state index in [9.17, 15) is 12.8 Å². The van der Waals surface area contributed by atoms with Crippen LogP contribution in [0.4, 0.5) is 10.2 Å². The third-order valence-corrected chi connectivity index (χ3v) is 3.68. The first-order valence-electron chi connectivity index (χ1n) is 5.21. The molecule has 0 radical (unpaired) electrons. The first-order valence-corrected chi connectivity index (χ1v) is 7.10. The summed E-state index contributed by atoms with van der Waals surface area (Å²) in [6.45, 7) is 0. The SMILES string of the molecule is COc1c(-c2cn[nH]c2N)cc(F)cc1S(C)(=O)=O. The molecule has 2 aromatic rings. The summed E-state index contributed by atoms with van der Waals surface area (Å²) in [6.07, 6.45) is 2.35. The lowest BCUT2D eigenvalue weighted by Gasteiger charge is -2.12. The number of nitrogens with two attached hydrogens (primary N) is 1. The summed E-state index contributed by atoms with van der Waals surface area (Å²) in [5.41, 5.74) is 6.27. The minimum Gasteiger partial charge on any atom is -0.495 e. The van der Waals surface area contributed by atoms with Crippen LogP contribution in [-0.4, -0.2) is 32.0 Å². The van der Waals surface area contributed by atoms with Gasteiger partial charge in [0.2, 0.25) is 0 Å². The van der Waals surface area contributed by atoms with Gasteiger partial charge >= 0.3 is 0 Å². The number of ether oxygens (including phenoxy) is 1. The minimum absolute atomic E-state index is 0.0389. The van der Waals surface area contributed by atoms with E-state index in [1.807, 2.05) is 0 Å². The number of halogens is 1. The van der Waals surface area contributed by atoms with Gasteiger partial charge in [-0.2, -0.15) is 5.10 Å². The Morgan fingerprint density at radius 1 is 1.37 bits per heavy atom. The zero-order valence-electron chi connectivity index (χ0n) is 10.3. The molecule has 3 N–H and O–H groups in total. The molecular formula is C11H12FN3O3S. The Labute approximate surface area is 109 Å². The van der Waals surface area contributed by atoms with Gasteiger partial charge in [-0.15, -0.1) is 0 Å². The zero-order valence-corrected chi connectivity index (χ0v) is 11.1. The number of nitrogens with zero attached hydrogens (tertiary/aromatic N) is 1. The molecule has 102 valence electrons. The van der Waals surface area contributed by atoms with Gasteiger partial charge in [0, 0.05) is 17.4 Å².